The first-order valence-corrected chi connectivity index (χ1v) is 3.92. The minimum Gasteiger partial charge on any atom is -0.395 e. The van der Waals surface area contributed by atoms with Gasteiger partial charge in [0.25, 0.3) is 0 Å². The van der Waals surface area contributed by atoms with E-state index in [1.165, 1.54) is 6.07 Å². The maximum Gasteiger partial charge on any atom is 0.143 e. The van der Waals surface area contributed by atoms with E-state index in [-0.39, 0.29) is 11.6 Å². The zero-order valence-electron chi connectivity index (χ0n) is 6.35. The Morgan fingerprint density at radius 3 is 2.92 bits per heavy atom. The summed E-state index contributed by atoms with van der Waals surface area (Å²) in [6.45, 7) is 0.357. The molecule has 4 heteroatoms. The molecule has 0 bridgehead atoms. The number of hydrogen-bond acceptors (Lipinski definition) is 2. The summed E-state index contributed by atoms with van der Waals surface area (Å²) in [5.41, 5.74) is 0.505. The van der Waals surface area contributed by atoms with E-state index < -0.39 is 5.82 Å². The lowest BCUT2D eigenvalue weighted by Gasteiger charge is -2.06. The Balaban J connectivity index is 2.78. The average molecular weight is 190 g/mol. The highest BCUT2D eigenvalue weighted by atomic mass is 35.5. The Morgan fingerprint density at radius 2 is 2.25 bits per heavy atom. The van der Waals surface area contributed by atoms with Crippen LogP contribution in [-0.2, 0) is 0 Å². The van der Waals surface area contributed by atoms with Crippen molar-refractivity contribution in [3.05, 3.63) is 29.0 Å². The molecule has 66 valence electrons. The molecular formula is C8H9ClFNO. The Hall–Kier alpha value is -0.800. The molecule has 0 amide bonds. The largest absolute Gasteiger partial charge is 0.395 e. The second-order valence-electron chi connectivity index (χ2n) is 2.25. The van der Waals surface area contributed by atoms with Crippen molar-refractivity contribution in [3.8, 4) is 0 Å². The first-order chi connectivity index (χ1) is 5.75. The molecule has 0 radical (unpaired) electrons. The van der Waals surface area contributed by atoms with E-state index in [1.54, 1.807) is 12.1 Å². The van der Waals surface area contributed by atoms with Crippen molar-refractivity contribution in [2.75, 3.05) is 18.5 Å². The van der Waals surface area contributed by atoms with Crippen molar-refractivity contribution in [1.82, 2.24) is 0 Å². The maximum atomic E-state index is 12.8. The molecule has 0 aromatic heterocycles. The van der Waals surface area contributed by atoms with Gasteiger partial charge in [0.05, 0.1) is 17.3 Å². The molecule has 0 aliphatic carbocycles. The maximum absolute atomic E-state index is 12.8. The van der Waals surface area contributed by atoms with Gasteiger partial charge in [0, 0.05) is 6.54 Å². The van der Waals surface area contributed by atoms with Crippen LogP contribution in [0.2, 0.25) is 5.02 Å². The fourth-order valence-corrected chi connectivity index (χ4v) is 1.02. The number of benzene rings is 1. The molecule has 1 aromatic rings. The highest BCUT2D eigenvalue weighted by Gasteiger charge is 2.03. The number of nitrogens with one attached hydrogen (secondary N) is 1. The van der Waals surface area contributed by atoms with Crippen LogP contribution in [0.15, 0.2) is 18.2 Å². The van der Waals surface area contributed by atoms with Gasteiger partial charge in [0.1, 0.15) is 5.82 Å². The van der Waals surface area contributed by atoms with Crippen molar-refractivity contribution in [3.63, 3.8) is 0 Å². The molecular weight excluding hydrogens is 181 g/mol. The monoisotopic (exact) mass is 189 g/mol. The van der Waals surface area contributed by atoms with Gasteiger partial charge in [0.2, 0.25) is 0 Å². The molecule has 0 saturated carbocycles. The normalized spacial score (nSPS) is 9.92. The molecule has 0 aliphatic heterocycles. The summed E-state index contributed by atoms with van der Waals surface area (Å²) in [5, 5.41) is 11.3. The van der Waals surface area contributed by atoms with Gasteiger partial charge < -0.3 is 10.4 Å². The molecule has 0 atom stereocenters. The van der Waals surface area contributed by atoms with Crippen LogP contribution in [0.3, 0.4) is 0 Å². The number of halogens is 2. The number of aliphatic hydroxyl groups is 1. The number of hydrogen-bond donors (Lipinski definition) is 2. The van der Waals surface area contributed by atoms with Crippen molar-refractivity contribution < 1.29 is 9.50 Å². The van der Waals surface area contributed by atoms with Gasteiger partial charge in [-0.2, -0.15) is 0 Å². The lowest BCUT2D eigenvalue weighted by atomic mass is 10.3. The van der Waals surface area contributed by atoms with E-state index >= 15 is 0 Å². The molecule has 0 saturated heterocycles. The van der Waals surface area contributed by atoms with Crippen LogP contribution >= 0.6 is 11.6 Å². The minimum absolute atomic E-state index is 0.00710. The van der Waals surface area contributed by atoms with Gasteiger partial charge in [-0.15, -0.1) is 0 Å². The van der Waals surface area contributed by atoms with Gasteiger partial charge in [-0.25, -0.2) is 4.39 Å². The molecule has 1 aromatic carbocycles. The number of anilines is 1. The van der Waals surface area contributed by atoms with Crippen LogP contribution < -0.4 is 5.32 Å². The van der Waals surface area contributed by atoms with Crippen LogP contribution in [0.25, 0.3) is 0 Å². The third-order valence-corrected chi connectivity index (χ3v) is 1.76. The van der Waals surface area contributed by atoms with Crippen LogP contribution in [-0.4, -0.2) is 18.3 Å². The highest BCUT2D eigenvalue weighted by Crippen LogP contribution is 2.23. The summed E-state index contributed by atoms with van der Waals surface area (Å²) >= 11 is 5.61. The Kier molecular flexibility index (Phi) is 3.31. The van der Waals surface area contributed by atoms with Crippen molar-refractivity contribution in [2.24, 2.45) is 0 Å². The lowest BCUT2D eigenvalue weighted by Crippen LogP contribution is -2.05. The summed E-state index contributed by atoms with van der Waals surface area (Å²) < 4.78 is 12.8. The van der Waals surface area contributed by atoms with E-state index in [1.807, 2.05) is 0 Å². The van der Waals surface area contributed by atoms with E-state index in [4.69, 9.17) is 16.7 Å². The molecule has 2 N–H and O–H groups in total. The third-order valence-electron chi connectivity index (χ3n) is 1.38. The first kappa shape index (κ1) is 9.29. The van der Waals surface area contributed by atoms with Crippen molar-refractivity contribution in [1.29, 1.82) is 0 Å². The summed E-state index contributed by atoms with van der Waals surface area (Å²) in [6, 6.07) is 4.49. The zero-order chi connectivity index (χ0) is 8.97. The number of aliphatic hydroxyl groups excluding tert-OH is 1. The van der Waals surface area contributed by atoms with Gasteiger partial charge in [0.15, 0.2) is 0 Å². The molecule has 1 rings (SSSR count). The predicted molar refractivity (Wildman–Crippen MR) is 47.0 cm³/mol. The zero-order valence-corrected chi connectivity index (χ0v) is 7.11. The molecule has 2 nitrogen and oxygen atoms in total. The predicted octanol–water partition coefficient (Wildman–Crippen LogP) is 1.88. The Bertz CT molecular complexity index is 267. The summed E-state index contributed by atoms with van der Waals surface area (Å²) in [5.74, 6) is -0.459. The van der Waals surface area contributed by atoms with E-state index in [2.05, 4.69) is 5.32 Å². The standard InChI is InChI=1S/C8H9ClFNO/c9-8-6(10)2-1-3-7(8)11-4-5-12/h1-3,11-12H,4-5H2. The molecule has 0 fully saturated rings. The molecule has 0 aliphatic rings. The molecule has 0 unspecified atom stereocenters. The summed E-state index contributed by atoms with van der Waals surface area (Å²) in [4.78, 5) is 0. The second-order valence-corrected chi connectivity index (χ2v) is 2.63. The van der Waals surface area contributed by atoms with Crippen molar-refractivity contribution >= 4 is 17.3 Å². The average Bonchev–Trinajstić information content (AvgIpc) is 2.08. The van der Waals surface area contributed by atoms with Crippen molar-refractivity contribution in [2.45, 2.75) is 0 Å². The minimum atomic E-state index is -0.459. The van der Waals surface area contributed by atoms with Gasteiger partial charge in [-0.1, -0.05) is 17.7 Å². The fraction of sp³-hybridized carbons (Fsp3) is 0.250. The Labute approximate surface area is 75.0 Å². The fourth-order valence-electron chi connectivity index (χ4n) is 0.831. The number of rotatable bonds is 3. The second kappa shape index (κ2) is 4.28. The van der Waals surface area contributed by atoms with Crippen LogP contribution in [0, 0.1) is 5.82 Å². The topological polar surface area (TPSA) is 32.3 Å². The van der Waals surface area contributed by atoms with Gasteiger partial charge >= 0.3 is 0 Å². The van der Waals surface area contributed by atoms with E-state index in [9.17, 15) is 4.39 Å². The van der Waals surface area contributed by atoms with E-state index in [0.29, 0.717) is 12.2 Å². The summed E-state index contributed by atoms with van der Waals surface area (Å²) in [6.07, 6.45) is 0. The quantitative estimate of drug-likeness (QED) is 0.761. The van der Waals surface area contributed by atoms with Crippen LogP contribution in [0.4, 0.5) is 10.1 Å². The SMILES string of the molecule is OCCNc1cccc(F)c1Cl. The van der Waals surface area contributed by atoms with Crippen LogP contribution in [0.5, 0.6) is 0 Å². The molecule has 12 heavy (non-hydrogen) atoms. The molecule has 0 spiro atoms. The lowest BCUT2D eigenvalue weighted by molar-refractivity contribution is 0.311. The Morgan fingerprint density at radius 1 is 1.50 bits per heavy atom. The highest BCUT2D eigenvalue weighted by molar-refractivity contribution is 6.33. The van der Waals surface area contributed by atoms with Gasteiger partial charge in [-0.3, -0.25) is 0 Å². The first-order valence-electron chi connectivity index (χ1n) is 3.54. The molecule has 0 heterocycles. The third kappa shape index (κ3) is 2.09. The summed E-state index contributed by atoms with van der Waals surface area (Å²) in [7, 11) is 0. The van der Waals surface area contributed by atoms with Crippen LogP contribution in [0.1, 0.15) is 0 Å². The van der Waals surface area contributed by atoms with Gasteiger partial charge in [-0.05, 0) is 12.1 Å². The smallest absolute Gasteiger partial charge is 0.143 e. The van der Waals surface area contributed by atoms with E-state index in [0.717, 1.165) is 0 Å².